The molecule has 10 aromatic carbocycles. The molecule has 0 aliphatic carbocycles. The van der Waals surface area contributed by atoms with E-state index < -0.39 is 0 Å². The summed E-state index contributed by atoms with van der Waals surface area (Å²) in [4.78, 5) is 15.0. The standard InChI is InChI=1S/C93H93N6.Ir/c1-61(2)82-55-79(73-22-16-13-17-23-73)56-83(62(3)4)88(82)97-49-46-94-91(97)76-40-34-67(35-41-76)28-31-70-52-71(32-29-68-36-42-77(43-37-68)92-95-47-50-98(92)89-84(63(5)6)57-80(58-85(89)64(7)8)74-24-18-14-19-25-74)54-72(53-70)33-30-69-38-44-78(45-39-69)93-96-48-51-99(93)90-86(65(9)10)59-81(60-87(90)66(11)12)75-26-20-15-21-27-75;/h13-27,34-40,42,44,46-66H,28-33H2,1-12H3;/q-3;+3. The molecule has 504 valence electrons. The Kier molecular flexibility index (Phi) is 22.1. The summed E-state index contributed by atoms with van der Waals surface area (Å²) >= 11 is 0. The number of aryl methyl sites for hydroxylation is 6. The first kappa shape index (κ1) is 70.3. The second-order valence-corrected chi connectivity index (χ2v) is 28.9. The molecule has 0 N–H and O–H groups in total. The minimum Gasteiger partial charge on any atom is -0.340 e. The van der Waals surface area contributed by atoms with Crippen LogP contribution in [0.1, 0.15) is 185 Å². The molecule has 100 heavy (non-hydrogen) atoms. The smallest absolute Gasteiger partial charge is 0.340 e. The van der Waals surface area contributed by atoms with E-state index in [1.54, 1.807) is 0 Å². The monoisotopic (exact) mass is 1490 g/mol. The fourth-order valence-electron chi connectivity index (χ4n) is 14.4. The first-order chi connectivity index (χ1) is 48.0. The summed E-state index contributed by atoms with van der Waals surface area (Å²) in [5.41, 5.74) is 29.8. The summed E-state index contributed by atoms with van der Waals surface area (Å²) in [6.07, 6.45) is 17.6. The van der Waals surface area contributed by atoms with Crippen LogP contribution in [0.2, 0.25) is 0 Å². The van der Waals surface area contributed by atoms with Gasteiger partial charge in [0, 0.05) is 54.2 Å². The van der Waals surface area contributed by atoms with Crippen LogP contribution in [-0.2, 0) is 58.6 Å². The van der Waals surface area contributed by atoms with Crippen molar-refractivity contribution in [2.45, 2.75) is 157 Å². The zero-order valence-electron chi connectivity index (χ0n) is 60.2. The zero-order valence-corrected chi connectivity index (χ0v) is 62.6. The molecule has 13 aromatic rings. The predicted octanol–water partition coefficient (Wildman–Crippen LogP) is 23.7. The Balaban J connectivity index is 0.00000948. The number of aromatic nitrogens is 6. The van der Waals surface area contributed by atoms with Crippen LogP contribution < -0.4 is 0 Å². The molecule has 0 aliphatic heterocycles. The molecule has 0 amide bonds. The van der Waals surface area contributed by atoms with Crippen molar-refractivity contribution in [3.63, 3.8) is 0 Å². The first-order valence-corrected chi connectivity index (χ1v) is 36.0. The Morgan fingerprint density at radius 1 is 0.270 bits per heavy atom. The number of imidazole rings is 3. The Bertz CT molecular complexity index is 4280. The predicted molar refractivity (Wildman–Crippen MR) is 413 cm³/mol. The second-order valence-electron chi connectivity index (χ2n) is 28.9. The van der Waals surface area contributed by atoms with E-state index in [1.807, 2.05) is 18.6 Å². The minimum absolute atomic E-state index is 0. The maximum absolute atomic E-state index is 5.00. The summed E-state index contributed by atoms with van der Waals surface area (Å²) in [5.74, 6) is 4.56. The van der Waals surface area contributed by atoms with Gasteiger partial charge < -0.3 is 13.7 Å². The largest absolute Gasteiger partial charge is 3.00 e. The van der Waals surface area contributed by atoms with Gasteiger partial charge in [0.05, 0.1) is 17.5 Å². The molecule has 0 radical (unpaired) electrons. The fourth-order valence-corrected chi connectivity index (χ4v) is 14.4. The molecule has 0 spiro atoms. The van der Waals surface area contributed by atoms with Crippen molar-refractivity contribution in [1.82, 2.24) is 28.7 Å². The van der Waals surface area contributed by atoms with Crippen molar-refractivity contribution in [2.75, 3.05) is 0 Å². The van der Waals surface area contributed by atoms with Gasteiger partial charge in [-0.15, -0.1) is 106 Å². The molecule has 0 fully saturated rings. The number of hydrogen-bond acceptors (Lipinski definition) is 3. The molecule has 13 rings (SSSR count). The molecule has 3 aromatic heterocycles. The van der Waals surface area contributed by atoms with Gasteiger partial charge in [0.1, 0.15) is 0 Å². The second kappa shape index (κ2) is 31.4. The molecule has 0 saturated carbocycles. The van der Waals surface area contributed by atoms with Crippen LogP contribution in [0.3, 0.4) is 0 Å². The van der Waals surface area contributed by atoms with Crippen molar-refractivity contribution in [2.24, 2.45) is 0 Å². The van der Waals surface area contributed by atoms with Crippen molar-refractivity contribution >= 4 is 0 Å². The van der Waals surface area contributed by atoms with Crippen molar-refractivity contribution in [3.05, 3.63) is 322 Å². The molecule has 3 heterocycles. The molecule has 7 heteroatoms. The van der Waals surface area contributed by atoms with Crippen LogP contribution in [-0.4, -0.2) is 28.7 Å². The first-order valence-electron chi connectivity index (χ1n) is 36.0. The van der Waals surface area contributed by atoms with Gasteiger partial charge in [-0.1, -0.05) is 212 Å². The maximum Gasteiger partial charge on any atom is 3.00 e. The third kappa shape index (κ3) is 15.4. The summed E-state index contributed by atoms with van der Waals surface area (Å²) in [6, 6.07) is 85.1. The average molecular weight is 1490 g/mol. The summed E-state index contributed by atoms with van der Waals surface area (Å²) in [5, 5.41) is 0. The van der Waals surface area contributed by atoms with Gasteiger partial charge in [0.15, 0.2) is 0 Å². The van der Waals surface area contributed by atoms with E-state index in [-0.39, 0.29) is 20.1 Å². The summed E-state index contributed by atoms with van der Waals surface area (Å²) < 4.78 is 6.91. The van der Waals surface area contributed by atoms with Crippen molar-refractivity contribution in [1.29, 1.82) is 0 Å². The van der Waals surface area contributed by atoms with Crippen LogP contribution in [0.4, 0.5) is 0 Å². The third-order valence-electron chi connectivity index (χ3n) is 19.8. The van der Waals surface area contributed by atoms with Crippen LogP contribution in [0, 0.1) is 18.2 Å². The number of nitrogens with zero attached hydrogens (tertiary/aromatic N) is 6. The summed E-state index contributed by atoms with van der Waals surface area (Å²) in [6.45, 7) is 27.6. The van der Waals surface area contributed by atoms with Crippen LogP contribution in [0.15, 0.2) is 237 Å². The van der Waals surface area contributed by atoms with Gasteiger partial charge in [-0.05, 0) is 175 Å². The number of hydrogen-bond donors (Lipinski definition) is 0. The van der Waals surface area contributed by atoms with Gasteiger partial charge in [0.2, 0.25) is 0 Å². The minimum atomic E-state index is 0. The van der Waals surface area contributed by atoms with Crippen molar-refractivity contribution in [3.8, 4) is 84.6 Å². The van der Waals surface area contributed by atoms with E-state index in [0.29, 0.717) is 35.5 Å². The van der Waals surface area contributed by atoms with E-state index in [9.17, 15) is 0 Å². The zero-order chi connectivity index (χ0) is 68.8. The number of rotatable bonds is 24. The topological polar surface area (TPSA) is 53.5 Å². The molecule has 6 nitrogen and oxygen atoms in total. The van der Waals surface area contributed by atoms with E-state index in [1.165, 1.54) is 117 Å². The maximum atomic E-state index is 5.00. The SMILES string of the molecule is CC(C)c1cc(-c2ccccc2)cc(C(C)C)c1-n1ccnc1-c1[c-]cc(CCc2cc(CCc3c[c-]c(-c4nccn4-c4c(C(C)C)cc(-c5ccccc5)cc4C(C)C)cc3)cc(CCc3c[c-]c(-c4nccn4-c4c(C(C)C)cc(-c5ccccc5)cc4C(C)C)cc3)c2)cc1.[Ir+3]. The molecule has 0 unspecified atom stereocenters. The molecule has 0 atom stereocenters. The van der Waals surface area contributed by atoms with Crippen molar-refractivity contribution < 1.29 is 20.1 Å². The molecule has 0 bridgehead atoms. The van der Waals surface area contributed by atoms with E-state index in [4.69, 9.17) is 15.0 Å². The van der Waals surface area contributed by atoms with Gasteiger partial charge in [0.25, 0.3) is 0 Å². The molecular formula is C93H93IrN6. The van der Waals surface area contributed by atoms with E-state index in [2.05, 4.69) is 334 Å². The van der Waals surface area contributed by atoms with E-state index in [0.717, 1.165) is 72.7 Å². The Hall–Kier alpha value is -9.52. The average Bonchev–Trinajstić information content (AvgIpc) is 1.31. The van der Waals surface area contributed by atoms with Crippen LogP contribution in [0.25, 0.3) is 84.6 Å². The third-order valence-corrected chi connectivity index (χ3v) is 19.8. The fraction of sp³-hybridized carbons (Fsp3) is 0.258. The van der Waals surface area contributed by atoms with Crippen LogP contribution in [0.5, 0.6) is 0 Å². The van der Waals surface area contributed by atoms with Gasteiger partial charge in [-0.2, -0.15) is 0 Å². The Labute approximate surface area is 608 Å². The Morgan fingerprint density at radius 3 is 0.710 bits per heavy atom. The Morgan fingerprint density at radius 2 is 0.500 bits per heavy atom. The number of benzene rings is 10. The van der Waals surface area contributed by atoms with Gasteiger partial charge in [-0.25, -0.2) is 0 Å². The van der Waals surface area contributed by atoms with Crippen LogP contribution >= 0.6 is 0 Å². The summed E-state index contributed by atoms with van der Waals surface area (Å²) in [7, 11) is 0. The van der Waals surface area contributed by atoms with Gasteiger partial charge in [-0.3, -0.25) is 15.0 Å². The molecule has 0 saturated heterocycles. The normalized spacial score (nSPS) is 11.7. The molecule has 0 aliphatic rings. The quantitative estimate of drug-likeness (QED) is 0.0567. The van der Waals surface area contributed by atoms with E-state index >= 15 is 0 Å². The molecular weight excluding hydrogens is 1390 g/mol. The van der Waals surface area contributed by atoms with Gasteiger partial charge >= 0.3 is 20.1 Å².